The number of anilines is 1. The van der Waals surface area contributed by atoms with E-state index in [-0.39, 0.29) is 0 Å². The Labute approximate surface area is 187 Å². The van der Waals surface area contributed by atoms with Crippen LogP contribution in [0.5, 0.6) is 11.5 Å². The lowest BCUT2D eigenvalue weighted by Gasteiger charge is -2.10. The molecule has 2 N–H and O–H groups in total. The highest BCUT2D eigenvalue weighted by molar-refractivity contribution is 6.39. The molecular weight excluding hydrogens is 406 g/mol. The summed E-state index contributed by atoms with van der Waals surface area (Å²) in [5.74, 6) is -0.572. The molecule has 0 unspecified atom stereocenters. The topological polar surface area (TPSA) is 89.0 Å². The Bertz CT molecular complexity index is 1090. The number of hydrogen-bond acceptors (Lipinski definition) is 5. The fourth-order valence-corrected chi connectivity index (χ4v) is 2.78. The molecule has 32 heavy (non-hydrogen) atoms. The zero-order valence-corrected chi connectivity index (χ0v) is 18.0. The molecule has 0 bridgehead atoms. The standard InChI is InChI=1S/C25H25N3O4/c1-3-31-23-10-5-4-9-22(23)27-24(29)25(30)28-26-16-20-7-6-8-21(15-20)32-17-19-13-11-18(2)12-14-19/h4-16H,3,17H2,1-2H3,(H,27,29)(H,28,30)/b26-16+. The van der Waals surface area contributed by atoms with Gasteiger partial charge in [0.05, 0.1) is 18.5 Å². The smallest absolute Gasteiger partial charge is 0.329 e. The SMILES string of the molecule is CCOc1ccccc1NC(=O)C(=O)N/N=C/c1cccc(OCc2ccc(C)cc2)c1. The van der Waals surface area contributed by atoms with Crippen molar-refractivity contribution in [3.05, 3.63) is 89.5 Å². The molecule has 0 spiro atoms. The van der Waals surface area contributed by atoms with E-state index in [9.17, 15) is 9.59 Å². The fourth-order valence-electron chi connectivity index (χ4n) is 2.78. The summed E-state index contributed by atoms with van der Waals surface area (Å²) in [4.78, 5) is 24.2. The molecule has 0 aliphatic rings. The number of benzene rings is 3. The molecule has 164 valence electrons. The summed E-state index contributed by atoms with van der Waals surface area (Å²) in [6.45, 7) is 4.76. The highest BCUT2D eigenvalue weighted by Crippen LogP contribution is 2.23. The van der Waals surface area contributed by atoms with E-state index in [2.05, 4.69) is 15.8 Å². The maximum atomic E-state index is 12.1. The molecule has 0 aliphatic carbocycles. The summed E-state index contributed by atoms with van der Waals surface area (Å²) in [6, 6.07) is 22.3. The Morgan fingerprint density at radius 3 is 2.50 bits per heavy atom. The van der Waals surface area contributed by atoms with Crippen LogP contribution in [0.4, 0.5) is 5.69 Å². The minimum Gasteiger partial charge on any atom is -0.492 e. The summed E-state index contributed by atoms with van der Waals surface area (Å²) in [5.41, 5.74) is 5.62. The van der Waals surface area contributed by atoms with Crippen LogP contribution in [0.25, 0.3) is 0 Å². The van der Waals surface area contributed by atoms with Gasteiger partial charge in [0.1, 0.15) is 18.1 Å². The molecule has 2 amide bonds. The van der Waals surface area contributed by atoms with E-state index in [1.165, 1.54) is 11.8 Å². The summed E-state index contributed by atoms with van der Waals surface area (Å²) in [6.07, 6.45) is 1.44. The predicted octanol–water partition coefficient (Wildman–Crippen LogP) is 4.06. The van der Waals surface area contributed by atoms with Crippen LogP contribution in [0.2, 0.25) is 0 Å². The molecule has 0 aliphatic heterocycles. The normalized spacial score (nSPS) is 10.6. The van der Waals surface area contributed by atoms with Gasteiger partial charge in [0.15, 0.2) is 0 Å². The second-order valence-electron chi connectivity index (χ2n) is 6.93. The lowest BCUT2D eigenvalue weighted by Crippen LogP contribution is -2.32. The van der Waals surface area contributed by atoms with Crippen molar-refractivity contribution in [1.82, 2.24) is 5.43 Å². The minimum absolute atomic E-state index is 0.414. The Morgan fingerprint density at radius 2 is 1.72 bits per heavy atom. The average molecular weight is 431 g/mol. The molecule has 3 aromatic rings. The van der Waals surface area contributed by atoms with E-state index in [4.69, 9.17) is 9.47 Å². The fraction of sp³-hybridized carbons (Fsp3) is 0.160. The molecule has 3 aromatic carbocycles. The van der Waals surface area contributed by atoms with Crippen molar-refractivity contribution >= 4 is 23.7 Å². The van der Waals surface area contributed by atoms with E-state index in [1.807, 2.05) is 56.3 Å². The maximum Gasteiger partial charge on any atom is 0.329 e. The second kappa shape index (κ2) is 11.3. The van der Waals surface area contributed by atoms with E-state index in [0.717, 1.165) is 5.56 Å². The van der Waals surface area contributed by atoms with E-state index < -0.39 is 11.8 Å². The predicted molar refractivity (Wildman–Crippen MR) is 124 cm³/mol. The minimum atomic E-state index is -0.890. The molecule has 0 fully saturated rings. The second-order valence-corrected chi connectivity index (χ2v) is 6.93. The quantitative estimate of drug-likeness (QED) is 0.320. The van der Waals surface area contributed by atoms with Crippen LogP contribution in [-0.2, 0) is 16.2 Å². The molecular formula is C25H25N3O4. The van der Waals surface area contributed by atoms with Crippen molar-refractivity contribution in [3.63, 3.8) is 0 Å². The molecule has 7 heteroatoms. The molecule has 0 saturated heterocycles. The van der Waals surface area contributed by atoms with Crippen molar-refractivity contribution in [3.8, 4) is 11.5 Å². The lowest BCUT2D eigenvalue weighted by atomic mass is 10.2. The molecule has 7 nitrogen and oxygen atoms in total. The van der Waals surface area contributed by atoms with Crippen LogP contribution >= 0.6 is 0 Å². The number of para-hydroxylation sites is 2. The molecule has 0 aromatic heterocycles. The molecule has 0 atom stereocenters. The Kier molecular flexibility index (Phi) is 7.97. The Hall–Kier alpha value is -4.13. The van der Waals surface area contributed by atoms with Crippen LogP contribution in [0.15, 0.2) is 77.9 Å². The van der Waals surface area contributed by atoms with Crippen LogP contribution in [0.3, 0.4) is 0 Å². The van der Waals surface area contributed by atoms with Gasteiger partial charge < -0.3 is 14.8 Å². The van der Waals surface area contributed by atoms with Gasteiger partial charge in [-0.15, -0.1) is 0 Å². The number of hydrazone groups is 1. The van der Waals surface area contributed by atoms with Gasteiger partial charge in [-0.2, -0.15) is 5.10 Å². The molecule has 0 heterocycles. The first kappa shape index (κ1) is 22.6. The Balaban J connectivity index is 1.52. The third-order valence-electron chi connectivity index (χ3n) is 4.41. The van der Waals surface area contributed by atoms with Crippen LogP contribution < -0.4 is 20.2 Å². The first-order valence-corrected chi connectivity index (χ1v) is 10.2. The number of rotatable bonds is 8. The van der Waals surface area contributed by atoms with E-state index in [0.29, 0.717) is 36.0 Å². The Morgan fingerprint density at radius 1 is 0.938 bits per heavy atom. The summed E-state index contributed by atoms with van der Waals surface area (Å²) < 4.78 is 11.2. The van der Waals surface area contributed by atoms with Gasteiger partial charge in [-0.1, -0.05) is 54.1 Å². The van der Waals surface area contributed by atoms with Gasteiger partial charge in [-0.3, -0.25) is 9.59 Å². The number of hydrogen-bond donors (Lipinski definition) is 2. The van der Waals surface area contributed by atoms with Crippen molar-refractivity contribution in [2.24, 2.45) is 5.10 Å². The zero-order valence-electron chi connectivity index (χ0n) is 18.0. The van der Waals surface area contributed by atoms with Gasteiger partial charge in [0.2, 0.25) is 0 Å². The monoisotopic (exact) mass is 431 g/mol. The lowest BCUT2D eigenvalue weighted by molar-refractivity contribution is -0.136. The maximum absolute atomic E-state index is 12.1. The van der Waals surface area contributed by atoms with Crippen molar-refractivity contribution in [2.75, 3.05) is 11.9 Å². The highest BCUT2D eigenvalue weighted by atomic mass is 16.5. The van der Waals surface area contributed by atoms with E-state index in [1.54, 1.807) is 30.3 Å². The van der Waals surface area contributed by atoms with Gasteiger partial charge >= 0.3 is 11.8 Å². The van der Waals surface area contributed by atoms with Crippen molar-refractivity contribution in [2.45, 2.75) is 20.5 Å². The largest absolute Gasteiger partial charge is 0.492 e. The average Bonchev–Trinajstić information content (AvgIpc) is 2.80. The number of nitrogens with one attached hydrogen (secondary N) is 2. The zero-order chi connectivity index (χ0) is 22.8. The van der Waals surface area contributed by atoms with Crippen molar-refractivity contribution < 1.29 is 19.1 Å². The molecule has 3 rings (SSSR count). The number of ether oxygens (including phenoxy) is 2. The first-order valence-electron chi connectivity index (χ1n) is 10.2. The summed E-state index contributed by atoms with van der Waals surface area (Å²) >= 11 is 0. The molecule has 0 saturated carbocycles. The molecule has 0 radical (unpaired) electrons. The third-order valence-corrected chi connectivity index (χ3v) is 4.41. The van der Waals surface area contributed by atoms with Crippen LogP contribution in [-0.4, -0.2) is 24.6 Å². The van der Waals surface area contributed by atoms with Crippen LogP contribution in [0, 0.1) is 6.92 Å². The number of carbonyl (C=O) groups excluding carboxylic acids is 2. The first-order chi connectivity index (χ1) is 15.5. The van der Waals surface area contributed by atoms with Gasteiger partial charge in [-0.05, 0) is 49.2 Å². The van der Waals surface area contributed by atoms with Crippen molar-refractivity contribution in [1.29, 1.82) is 0 Å². The number of amides is 2. The summed E-state index contributed by atoms with van der Waals surface area (Å²) in [5, 5.41) is 6.38. The van der Waals surface area contributed by atoms with Gasteiger partial charge in [0.25, 0.3) is 0 Å². The number of carbonyl (C=O) groups is 2. The third kappa shape index (κ3) is 6.70. The number of nitrogens with zero attached hydrogens (tertiary/aromatic N) is 1. The van der Waals surface area contributed by atoms with Crippen LogP contribution in [0.1, 0.15) is 23.6 Å². The summed E-state index contributed by atoms with van der Waals surface area (Å²) in [7, 11) is 0. The number of aryl methyl sites for hydroxylation is 1. The van der Waals surface area contributed by atoms with Gasteiger partial charge in [0, 0.05) is 0 Å². The van der Waals surface area contributed by atoms with E-state index >= 15 is 0 Å². The highest BCUT2D eigenvalue weighted by Gasteiger charge is 2.15. The van der Waals surface area contributed by atoms with Gasteiger partial charge in [-0.25, -0.2) is 5.43 Å².